The highest BCUT2D eigenvalue weighted by atomic mass is 14.2. The van der Waals surface area contributed by atoms with Gasteiger partial charge in [-0.25, -0.2) is 0 Å². The Balaban J connectivity index is 2.17. The van der Waals surface area contributed by atoms with Crippen molar-refractivity contribution in [3.05, 3.63) is 82.9 Å². The van der Waals surface area contributed by atoms with Crippen LogP contribution in [0.3, 0.4) is 0 Å². The largest absolute Gasteiger partial charge is 0.0795 e. The number of aryl methyl sites for hydroxylation is 2. The van der Waals surface area contributed by atoms with Crippen molar-refractivity contribution in [1.29, 1.82) is 0 Å². The molecule has 0 unspecified atom stereocenters. The minimum absolute atomic E-state index is 1.05. The van der Waals surface area contributed by atoms with Gasteiger partial charge in [0, 0.05) is 0 Å². The van der Waals surface area contributed by atoms with Crippen molar-refractivity contribution in [3.8, 4) is 0 Å². The third-order valence-corrected chi connectivity index (χ3v) is 4.34. The van der Waals surface area contributed by atoms with Crippen molar-refractivity contribution >= 4 is 11.1 Å². The van der Waals surface area contributed by atoms with Gasteiger partial charge in [0.25, 0.3) is 0 Å². The summed E-state index contributed by atoms with van der Waals surface area (Å²) in [7, 11) is 0. The lowest BCUT2D eigenvalue weighted by molar-refractivity contribution is 1.12. The van der Waals surface area contributed by atoms with Crippen LogP contribution in [0.1, 0.15) is 42.5 Å². The van der Waals surface area contributed by atoms with Crippen LogP contribution in [-0.2, 0) is 12.8 Å². The van der Waals surface area contributed by atoms with Gasteiger partial charge in [-0.1, -0.05) is 74.5 Å². The fraction of sp³-hybridized carbons (Fsp3) is 0.238. The average molecular weight is 274 g/mol. The molecule has 2 aromatic carbocycles. The Morgan fingerprint density at radius 1 is 0.762 bits per heavy atom. The molecule has 0 heteroatoms. The van der Waals surface area contributed by atoms with E-state index in [4.69, 9.17) is 0 Å². The first-order valence-corrected chi connectivity index (χ1v) is 7.91. The summed E-state index contributed by atoms with van der Waals surface area (Å²) < 4.78 is 0. The van der Waals surface area contributed by atoms with Gasteiger partial charge in [-0.15, -0.1) is 0 Å². The Labute approximate surface area is 127 Å². The Kier molecular flexibility index (Phi) is 4.06. The molecule has 0 N–H and O–H groups in total. The minimum Gasteiger partial charge on any atom is -0.0795 e. The number of benzene rings is 2. The summed E-state index contributed by atoms with van der Waals surface area (Å²) >= 11 is 0. The molecule has 1 aliphatic rings. The van der Waals surface area contributed by atoms with E-state index in [1.54, 1.807) is 0 Å². The first-order chi connectivity index (χ1) is 10.3. The van der Waals surface area contributed by atoms with Gasteiger partial charge in [0.05, 0.1) is 0 Å². The summed E-state index contributed by atoms with van der Waals surface area (Å²) in [6.07, 6.45) is 7.81. The molecule has 1 aliphatic carbocycles. The molecule has 0 aliphatic heterocycles. The van der Waals surface area contributed by atoms with E-state index in [9.17, 15) is 0 Å². The first-order valence-electron chi connectivity index (χ1n) is 7.91. The summed E-state index contributed by atoms with van der Waals surface area (Å²) in [6, 6.07) is 17.6. The van der Waals surface area contributed by atoms with Crippen molar-refractivity contribution in [2.75, 3.05) is 0 Å². The molecule has 106 valence electrons. The van der Waals surface area contributed by atoms with Crippen LogP contribution in [-0.4, -0.2) is 0 Å². The number of allylic oxidation sites excluding steroid dienone is 4. The van der Waals surface area contributed by atoms with E-state index >= 15 is 0 Å². The van der Waals surface area contributed by atoms with E-state index in [-0.39, 0.29) is 0 Å². The van der Waals surface area contributed by atoms with Crippen LogP contribution in [0.15, 0.2) is 60.7 Å². The maximum absolute atomic E-state index is 2.30. The topological polar surface area (TPSA) is 0 Å². The molecule has 0 nitrogen and oxygen atoms in total. The predicted octanol–water partition coefficient (Wildman–Crippen LogP) is 5.68. The lowest BCUT2D eigenvalue weighted by Crippen LogP contribution is -1.95. The molecular formula is C21H22. The molecule has 0 saturated carbocycles. The maximum atomic E-state index is 2.30. The summed E-state index contributed by atoms with van der Waals surface area (Å²) in [5.41, 5.74) is 8.59. The summed E-state index contributed by atoms with van der Waals surface area (Å²) in [5.74, 6) is 0. The third-order valence-electron chi connectivity index (χ3n) is 4.34. The van der Waals surface area contributed by atoms with Crippen LogP contribution in [0.5, 0.6) is 0 Å². The van der Waals surface area contributed by atoms with E-state index in [0.29, 0.717) is 0 Å². The summed E-state index contributed by atoms with van der Waals surface area (Å²) in [6.45, 7) is 4.47. The van der Waals surface area contributed by atoms with E-state index < -0.39 is 0 Å². The molecular weight excluding hydrogens is 252 g/mol. The third kappa shape index (κ3) is 2.58. The van der Waals surface area contributed by atoms with Crippen LogP contribution in [0.2, 0.25) is 0 Å². The molecule has 2 aromatic rings. The predicted molar refractivity (Wildman–Crippen MR) is 92.2 cm³/mol. The fourth-order valence-corrected chi connectivity index (χ4v) is 3.23. The van der Waals surface area contributed by atoms with Crippen molar-refractivity contribution in [2.24, 2.45) is 0 Å². The quantitative estimate of drug-likeness (QED) is 0.672. The zero-order valence-electron chi connectivity index (χ0n) is 12.9. The second-order valence-corrected chi connectivity index (χ2v) is 5.52. The van der Waals surface area contributed by atoms with E-state index in [1.807, 2.05) is 0 Å². The molecule has 0 bridgehead atoms. The van der Waals surface area contributed by atoms with Gasteiger partial charge in [-0.05, 0) is 52.7 Å². The molecule has 0 aromatic heterocycles. The minimum atomic E-state index is 1.05. The average Bonchev–Trinajstić information content (AvgIpc) is 3.04. The van der Waals surface area contributed by atoms with Gasteiger partial charge in [-0.2, -0.15) is 0 Å². The summed E-state index contributed by atoms with van der Waals surface area (Å²) in [4.78, 5) is 0. The molecule has 0 spiro atoms. The SMILES string of the molecule is CCc1ccccc1C1=C(c2ccccc2CC)CC=C1. The van der Waals surface area contributed by atoms with Gasteiger partial charge in [0.15, 0.2) is 0 Å². The molecule has 0 amide bonds. The summed E-state index contributed by atoms with van der Waals surface area (Å²) in [5, 5.41) is 0. The normalized spacial score (nSPS) is 14.0. The molecule has 0 heterocycles. The zero-order valence-corrected chi connectivity index (χ0v) is 12.9. The van der Waals surface area contributed by atoms with Crippen LogP contribution in [0.4, 0.5) is 0 Å². The Morgan fingerprint density at radius 2 is 1.33 bits per heavy atom. The number of hydrogen-bond acceptors (Lipinski definition) is 0. The standard InChI is InChI=1S/C21H22/c1-3-16-10-5-7-12-18(16)20-14-9-15-21(20)19-13-8-6-11-17(19)4-2/h5-14H,3-4,15H2,1-2H3. The molecule has 0 atom stereocenters. The lowest BCUT2D eigenvalue weighted by Gasteiger charge is -2.14. The fourth-order valence-electron chi connectivity index (χ4n) is 3.23. The van der Waals surface area contributed by atoms with Crippen molar-refractivity contribution in [2.45, 2.75) is 33.1 Å². The van der Waals surface area contributed by atoms with Gasteiger partial charge in [0.1, 0.15) is 0 Å². The van der Waals surface area contributed by atoms with E-state index in [1.165, 1.54) is 33.4 Å². The number of rotatable bonds is 4. The van der Waals surface area contributed by atoms with Crippen molar-refractivity contribution in [1.82, 2.24) is 0 Å². The van der Waals surface area contributed by atoms with Crippen LogP contribution in [0.25, 0.3) is 11.1 Å². The second-order valence-electron chi connectivity index (χ2n) is 5.52. The van der Waals surface area contributed by atoms with Crippen molar-refractivity contribution in [3.63, 3.8) is 0 Å². The van der Waals surface area contributed by atoms with Gasteiger partial charge >= 0.3 is 0 Å². The van der Waals surface area contributed by atoms with Gasteiger partial charge in [-0.3, -0.25) is 0 Å². The van der Waals surface area contributed by atoms with Crippen LogP contribution >= 0.6 is 0 Å². The Morgan fingerprint density at radius 3 is 2.00 bits per heavy atom. The number of hydrogen-bond donors (Lipinski definition) is 0. The first kappa shape index (κ1) is 13.9. The highest BCUT2D eigenvalue weighted by Gasteiger charge is 2.16. The van der Waals surface area contributed by atoms with E-state index in [2.05, 4.69) is 74.5 Å². The molecule has 21 heavy (non-hydrogen) atoms. The highest BCUT2D eigenvalue weighted by Crippen LogP contribution is 2.37. The van der Waals surface area contributed by atoms with Crippen LogP contribution in [0, 0.1) is 0 Å². The Hall–Kier alpha value is -2.08. The lowest BCUT2D eigenvalue weighted by atomic mass is 9.90. The van der Waals surface area contributed by atoms with E-state index in [0.717, 1.165) is 19.3 Å². The molecule has 0 saturated heterocycles. The Bertz CT molecular complexity index is 701. The highest BCUT2D eigenvalue weighted by molar-refractivity contribution is 5.99. The maximum Gasteiger partial charge on any atom is -0.00819 e. The van der Waals surface area contributed by atoms with Crippen molar-refractivity contribution < 1.29 is 0 Å². The smallest absolute Gasteiger partial charge is 0.00819 e. The molecule has 0 fully saturated rings. The van der Waals surface area contributed by atoms with Gasteiger partial charge in [0.2, 0.25) is 0 Å². The molecule has 3 rings (SSSR count). The monoisotopic (exact) mass is 274 g/mol. The second kappa shape index (κ2) is 6.13. The van der Waals surface area contributed by atoms with Gasteiger partial charge < -0.3 is 0 Å². The molecule has 0 radical (unpaired) electrons. The van der Waals surface area contributed by atoms with Crippen LogP contribution < -0.4 is 0 Å². The zero-order chi connectivity index (χ0) is 14.7.